The Labute approximate surface area is 121 Å². The molecule has 1 N–H and O–H groups in total. The van der Waals surface area contributed by atoms with Gasteiger partial charge in [0.2, 0.25) is 0 Å². The zero-order valence-corrected chi connectivity index (χ0v) is 11.6. The highest BCUT2D eigenvalue weighted by molar-refractivity contribution is 6.34. The fraction of sp³-hybridized carbons (Fsp3) is 0.143. The van der Waals surface area contributed by atoms with Crippen LogP contribution in [0.5, 0.6) is 11.5 Å². The van der Waals surface area contributed by atoms with E-state index in [0.29, 0.717) is 21.5 Å². The third-order valence-corrected chi connectivity index (χ3v) is 3.43. The lowest BCUT2D eigenvalue weighted by Crippen LogP contribution is -2.32. The van der Waals surface area contributed by atoms with Crippen molar-refractivity contribution in [3.8, 4) is 22.6 Å². The predicted molar refractivity (Wildman–Crippen MR) is 76.0 cm³/mol. The molecule has 0 fully saturated rings. The van der Waals surface area contributed by atoms with E-state index in [0.717, 1.165) is 11.1 Å². The van der Waals surface area contributed by atoms with Gasteiger partial charge in [0, 0.05) is 27.2 Å². The molecule has 0 radical (unpaired) electrons. The molecule has 0 amide bonds. The van der Waals surface area contributed by atoms with Crippen LogP contribution in [0.15, 0.2) is 36.4 Å². The van der Waals surface area contributed by atoms with Crippen molar-refractivity contribution in [2.75, 3.05) is 7.05 Å². The number of ether oxygens (including phenoxy) is 2. The molecule has 19 heavy (non-hydrogen) atoms. The zero-order chi connectivity index (χ0) is 13.4. The molecule has 0 saturated heterocycles. The van der Waals surface area contributed by atoms with Crippen LogP contribution in [0.25, 0.3) is 11.1 Å². The van der Waals surface area contributed by atoms with Crippen molar-refractivity contribution in [1.82, 2.24) is 5.32 Å². The van der Waals surface area contributed by atoms with E-state index >= 15 is 0 Å². The number of hydrogen-bond donors (Lipinski definition) is 1. The molecular formula is C14H11Cl2NO2. The summed E-state index contributed by atoms with van der Waals surface area (Å²) in [6.45, 7) is 0. The molecule has 0 saturated carbocycles. The van der Waals surface area contributed by atoms with Crippen LogP contribution >= 0.6 is 23.2 Å². The molecule has 98 valence electrons. The second-order valence-electron chi connectivity index (χ2n) is 4.12. The van der Waals surface area contributed by atoms with Gasteiger partial charge < -0.3 is 9.47 Å². The average Bonchev–Trinajstić information content (AvgIpc) is 2.81. The third kappa shape index (κ3) is 2.25. The van der Waals surface area contributed by atoms with Gasteiger partial charge in [-0.1, -0.05) is 41.4 Å². The molecule has 5 heteroatoms. The quantitative estimate of drug-likeness (QED) is 0.910. The Bertz CT molecular complexity index is 631. The molecule has 1 aliphatic heterocycles. The predicted octanol–water partition coefficient (Wildman–Crippen LogP) is 3.93. The molecule has 0 spiro atoms. The Morgan fingerprint density at radius 3 is 2.58 bits per heavy atom. The summed E-state index contributed by atoms with van der Waals surface area (Å²) in [5.41, 5.74) is 1.69. The van der Waals surface area contributed by atoms with Crippen LogP contribution in [0.3, 0.4) is 0 Å². The number of hydrogen-bond acceptors (Lipinski definition) is 3. The fourth-order valence-corrected chi connectivity index (χ4v) is 2.47. The van der Waals surface area contributed by atoms with Gasteiger partial charge in [0.25, 0.3) is 0 Å². The summed E-state index contributed by atoms with van der Waals surface area (Å²) >= 11 is 12.4. The standard InChI is InChI=1S/C14H11Cl2NO2/c1-17-14-18-12-7-8(15)6-10(13(12)19-14)9-4-2-3-5-11(9)16/h2-7,14,17H,1H3. The summed E-state index contributed by atoms with van der Waals surface area (Å²) in [4.78, 5) is 0. The van der Waals surface area contributed by atoms with E-state index in [2.05, 4.69) is 5.32 Å². The van der Waals surface area contributed by atoms with Crippen LogP contribution in [-0.2, 0) is 0 Å². The Morgan fingerprint density at radius 2 is 1.84 bits per heavy atom. The number of nitrogens with one attached hydrogen (secondary N) is 1. The van der Waals surface area contributed by atoms with Gasteiger partial charge >= 0.3 is 6.41 Å². The van der Waals surface area contributed by atoms with Gasteiger partial charge in [-0.15, -0.1) is 0 Å². The molecule has 2 aromatic carbocycles. The van der Waals surface area contributed by atoms with E-state index in [4.69, 9.17) is 32.7 Å². The summed E-state index contributed by atoms with van der Waals surface area (Å²) in [6, 6.07) is 11.1. The Kier molecular flexibility index (Phi) is 3.27. The number of rotatable bonds is 2. The van der Waals surface area contributed by atoms with Gasteiger partial charge in [-0.05, 0) is 19.2 Å². The minimum Gasteiger partial charge on any atom is -0.438 e. The number of benzene rings is 2. The molecule has 1 heterocycles. The third-order valence-electron chi connectivity index (χ3n) is 2.88. The fourth-order valence-electron chi connectivity index (χ4n) is 2.02. The molecular weight excluding hydrogens is 285 g/mol. The van der Waals surface area contributed by atoms with Crippen LogP contribution < -0.4 is 14.8 Å². The van der Waals surface area contributed by atoms with E-state index in [1.807, 2.05) is 30.3 Å². The lowest BCUT2D eigenvalue weighted by molar-refractivity contribution is 0.0257. The van der Waals surface area contributed by atoms with Gasteiger partial charge in [-0.2, -0.15) is 0 Å². The van der Waals surface area contributed by atoms with Crippen LogP contribution in [0, 0.1) is 0 Å². The summed E-state index contributed by atoms with van der Waals surface area (Å²) in [5, 5.41) is 4.12. The largest absolute Gasteiger partial charge is 0.438 e. The average molecular weight is 296 g/mol. The van der Waals surface area contributed by atoms with Crippen LogP contribution in [0.2, 0.25) is 10.0 Å². The van der Waals surface area contributed by atoms with Gasteiger partial charge in [0.15, 0.2) is 11.5 Å². The van der Waals surface area contributed by atoms with Gasteiger partial charge in [-0.3, -0.25) is 5.32 Å². The molecule has 0 aromatic heterocycles. The summed E-state index contributed by atoms with van der Waals surface area (Å²) in [5.74, 6) is 1.26. The van der Waals surface area contributed by atoms with E-state index in [1.165, 1.54) is 0 Å². The molecule has 3 rings (SSSR count). The molecule has 2 aromatic rings. The second-order valence-corrected chi connectivity index (χ2v) is 4.96. The lowest BCUT2D eigenvalue weighted by Gasteiger charge is -2.09. The minimum absolute atomic E-state index is 0.505. The van der Waals surface area contributed by atoms with E-state index in [9.17, 15) is 0 Å². The normalized spacial score (nSPS) is 16.7. The molecule has 0 bridgehead atoms. The maximum atomic E-state index is 6.23. The molecule has 0 aliphatic carbocycles. The lowest BCUT2D eigenvalue weighted by atomic mass is 10.0. The SMILES string of the molecule is CNC1Oc2cc(Cl)cc(-c3ccccc3Cl)c2O1. The van der Waals surface area contributed by atoms with Gasteiger partial charge in [0.1, 0.15) is 0 Å². The summed E-state index contributed by atoms with van der Waals surface area (Å²) < 4.78 is 11.3. The minimum atomic E-state index is -0.505. The topological polar surface area (TPSA) is 30.5 Å². The second kappa shape index (κ2) is 4.93. The first kappa shape index (κ1) is 12.6. The Balaban J connectivity index is 2.16. The maximum absolute atomic E-state index is 6.23. The van der Waals surface area contributed by atoms with Crippen molar-refractivity contribution in [2.45, 2.75) is 6.41 Å². The highest BCUT2D eigenvalue weighted by Crippen LogP contribution is 2.46. The molecule has 3 nitrogen and oxygen atoms in total. The van der Waals surface area contributed by atoms with Crippen LogP contribution in [0.1, 0.15) is 0 Å². The Hall–Kier alpha value is -1.42. The van der Waals surface area contributed by atoms with Crippen molar-refractivity contribution in [1.29, 1.82) is 0 Å². The van der Waals surface area contributed by atoms with Crippen molar-refractivity contribution >= 4 is 23.2 Å². The van der Waals surface area contributed by atoms with E-state index < -0.39 is 6.41 Å². The summed E-state index contributed by atoms with van der Waals surface area (Å²) in [7, 11) is 1.76. The first-order valence-electron chi connectivity index (χ1n) is 5.78. The number of fused-ring (bicyclic) bond motifs is 1. The van der Waals surface area contributed by atoms with Crippen LogP contribution in [0.4, 0.5) is 0 Å². The van der Waals surface area contributed by atoms with E-state index in [-0.39, 0.29) is 0 Å². The first-order valence-corrected chi connectivity index (χ1v) is 6.53. The van der Waals surface area contributed by atoms with Gasteiger partial charge in [-0.25, -0.2) is 0 Å². The van der Waals surface area contributed by atoms with Crippen molar-refractivity contribution in [3.05, 3.63) is 46.4 Å². The maximum Gasteiger partial charge on any atom is 0.302 e. The Morgan fingerprint density at radius 1 is 1.05 bits per heavy atom. The summed E-state index contributed by atoms with van der Waals surface area (Å²) in [6.07, 6.45) is -0.505. The van der Waals surface area contributed by atoms with Crippen molar-refractivity contribution < 1.29 is 9.47 Å². The monoisotopic (exact) mass is 295 g/mol. The van der Waals surface area contributed by atoms with Crippen LogP contribution in [-0.4, -0.2) is 13.5 Å². The van der Waals surface area contributed by atoms with Crippen molar-refractivity contribution in [2.24, 2.45) is 0 Å². The zero-order valence-electron chi connectivity index (χ0n) is 10.1. The molecule has 1 aliphatic rings. The smallest absolute Gasteiger partial charge is 0.302 e. The highest BCUT2D eigenvalue weighted by Gasteiger charge is 2.27. The molecule has 1 atom stereocenters. The first-order chi connectivity index (χ1) is 9.19. The number of halogens is 2. The highest BCUT2D eigenvalue weighted by atomic mass is 35.5. The van der Waals surface area contributed by atoms with Gasteiger partial charge in [0.05, 0.1) is 0 Å². The molecule has 1 unspecified atom stereocenters. The van der Waals surface area contributed by atoms with Crippen molar-refractivity contribution in [3.63, 3.8) is 0 Å². The van der Waals surface area contributed by atoms with E-state index in [1.54, 1.807) is 13.1 Å².